The summed E-state index contributed by atoms with van der Waals surface area (Å²) in [6.45, 7) is 5.85. The monoisotopic (exact) mass is 410 g/mol. The summed E-state index contributed by atoms with van der Waals surface area (Å²) < 4.78 is 38.8. The number of nitrogens with zero attached hydrogens (tertiary/aromatic N) is 3. The first kappa shape index (κ1) is 21.3. The Morgan fingerprint density at radius 1 is 1.17 bits per heavy atom. The molecule has 1 fully saturated rings. The Morgan fingerprint density at radius 3 is 2.55 bits per heavy atom. The van der Waals surface area contributed by atoms with Crippen LogP contribution in [0.15, 0.2) is 18.2 Å². The molecule has 2 aromatic rings. The second kappa shape index (κ2) is 8.54. The van der Waals surface area contributed by atoms with Gasteiger partial charge in [-0.05, 0) is 62.6 Å². The fourth-order valence-corrected chi connectivity index (χ4v) is 3.73. The Bertz CT molecular complexity index is 848. The van der Waals surface area contributed by atoms with Crippen LogP contribution in [0.5, 0.6) is 5.75 Å². The number of hydrogen-bond acceptors (Lipinski definition) is 6. The number of hydrogen-bond donors (Lipinski definition) is 3. The number of aliphatic hydroxyl groups is 1. The SMILES string of the molecule is Cc1cc(-c2c(C)cc(C(F)(F)F)cc2O)nnc1N[C@H]1CCCN(CCO)C1. The number of rotatable bonds is 5. The van der Waals surface area contributed by atoms with Crippen molar-refractivity contribution in [3.63, 3.8) is 0 Å². The molecular formula is C20H25F3N4O2. The second-order valence-electron chi connectivity index (χ2n) is 7.45. The Hall–Kier alpha value is -2.39. The zero-order valence-corrected chi connectivity index (χ0v) is 16.4. The third-order valence-corrected chi connectivity index (χ3v) is 5.15. The van der Waals surface area contributed by atoms with Crippen LogP contribution >= 0.6 is 0 Å². The normalized spacial score (nSPS) is 18.1. The van der Waals surface area contributed by atoms with Crippen molar-refractivity contribution in [2.45, 2.75) is 38.9 Å². The maximum absolute atomic E-state index is 12.9. The predicted molar refractivity (Wildman–Crippen MR) is 104 cm³/mol. The van der Waals surface area contributed by atoms with Crippen LogP contribution in [0, 0.1) is 13.8 Å². The highest BCUT2D eigenvalue weighted by Gasteiger charge is 2.32. The number of nitrogens with one attached hydrogen (secondary N) is 1. The molecule has 3 N–H and O–H groups in total. The van der Waals surface area contributed by atoms with Crippen molar-refractivity contribution in [2.75, 3.05) is 31.6 Å². The molecule has 3 rings (SSSR count). The summed E-state index contributed by atoms with van der Waals surface area (Å²) in [5, 5.41) is 31.0. The fraction of sp³-hybridized carbons (Fsp3) is 0.500. The van der Waals surface area contributed by atoms with E-state index in [0.717, 1.165) is 37.6 Å². The van der Waals surface area contributed by atoms with Crippen molar-refractivity contribution >= 4 is 5.82 Å². The second-order valence-corrected chi connectivity index (χ2v) is 7.45. The molecule has 1 aromatic heterocycles. The average molecular weight is 410 g/mol. The van der Waals surface area contributed by atoms with E-state index in [0.29, 0.717) is 24.1 Å². The number of phenolic OH excluding ortho intramolecular Hbond substituents is 1. The van der Waals surface area contributed by atoms with Gasteiger partial charge < -0.3 is 15.5 Å². The van der Waals surface area contributed by atoms with E-state index < -0.39 is 17.5 Å². The van der Waals surface area contributed by atoms with E-state index in [4.69, 9.17) is 5.11 Å². The lowest BCUT2D eigenvalue weighted by Gasteiger charge is -2.33. The first-order chi connectivity index (χ1) is 13.7. The van der Waals surface area contributed by atoms with Crippen molar-refractivity contribution in [2.24, 2.45) is 0 Å². The lowest BCUT2D eigenvalue weighted by atomic mass is 9.99. The third kappa shape index (κ3) is 4.97. The standard InChI is InChI=1S/C20H25F3N4O2/c1-12-8-14(20(21,22)23)10-17(29)18(12)16-9-13(2)19(26-25-16)24-15-4-3-5-27(11-15)6-7-28/h8-10,15,28-29H,3-7,11H2,1-2H3,(H,24,26)/t15-/m0/s1. The topological polar surface area (TPSA) is 81.5 Å². The molecule has 1 saturated heterocycles. The summed E-state index contributed by atoms with van der Waals surface area (Å²) in [5.74, 6) is 0.132. The first-order valence-corrected chi connectivity index (χ1v) is 9.54. The Labute approximate surface area is 167 Å². The summed E-state index contributed by atoms with van der Waals surface area (Å²) in [4.78, 5) is 2.18. The summed E-state index contributed by atoms with van der Waals surface area (Å²) in [5.41, 5.74) is 0.727. The number of aromatic nitrogens is 2. The number of phenols is 1. The van der Waals surface area contributed by atoms with Crippen LogP contribution in [0.25, 0.3) is 11.3 Å². The third-order valence-electron chi connectivity index (χ3n) is 5.15. The molecule has 0 radical (unpaired) electrons. The molecule has 6 nitrogen and oxygen atoms in total. The van der Waals surface area contributed by atoms with Crippen molar-refractivity contribution in [1.29, 1.82) is 0 Å². The van der Waals surface area contributed by atoms with Crippen LogP contribution in [0.2, 0.25) is 0 Å². The molecule has 0 spiro atoms. The smallest absolute Gasteiger partial charge is 0.416 e. The van der Waals surface area contributed by atoms with Gasteiger partial charge in [-0.1, -0.05) is 0 Å². The van der Waals surface area contributed by atoms with Crippen LogP contribution in [0.4, 0.5) is 19.0 Å². The van der Waals surface area contributed by atoms with Crippen LogP contribution in [0.3, 0.4) is 0 Å². The molecule has 1 aliphatic rings. The van der Waals surface area contributed by atoms with Gasteiger partial charge >= 0.3 is 6.18 Å². The highest BCUT2D eigenvalue weighted by atomic mass is 19.4. The minimum Gasteiger partial charge on any atom is -0.507 e. The number of β-amino-alcohol motifs (C(OH)–C–C–N with tert-alkyl or cyclic N) is 1. The maximum Gasteiger partial charge on any atom is 0.416 e. The molecule has 0 unspecified atom stereocenters. The van der Waals surface area contributed by atoms with Gasteiger partial charge in [-0.2, -0.15) is 13.2 Å². The number of likely N-dealkylation sites (tertiary alicyclic amines) is 1. The number of piperidine rings is 1. The minimum absolute atomic E-state index is 0.121. The zero-order chi connectivity index (χ0) is 21.2. The summed E-state index contributed by atoms with van der Waals surface area (Å²) in [6.07, 6.45) is -2.54. The number of alkyl halides is 3. The number of aromatic hydroxyl groups is 1. The molecule has 9 heteroatoms. The van der Waals surface area contributed by atoms with E-state index >= 15 is 0 Å². The molecule has 1 atom stereocenters. The summed E-state index contributed by atoms with van der Waals surface area (Å²) in [7, 11) is 0. The number of anilines is 1. The van der Waals surface area contributed by atoms with E-state index in [1.165, 1.54) is 6.92 Å². The molecule has 0 saturated carbocycles. The van der Waals surface area contributed by atoms with Gasteiger partial charge in [-0.3, -0.25) is 4.90 Å². The van der Waals surface area contributed by atoms with Gasteiger partial charge in [0.1, 0.15) is 5.75 Å². The Balaban J connectivity index is 1.81. The average Bonchev–Trinajstić information content (AvgIpc) is 2.63. The number of aryl methyl sites for hydroxylation is 2. The number of benzene rings is 1. The minimum atomic E-state index is -4.53. The largest absolute Gasteiger partial charge is 0.507 e. The lowest BCUT2D eigenvalue weighted by Crippen LogP contribution is -2.43. The number of aliphatic hydroxyl groups excluding tert-OH is 1. The lowest BCUT2D eigenvalue weighted by molar-refractivity contribution is -0.137. The van der Waals surface area contributed by atoms with Crippen LogP contribution < -0.4 is 5.32 Å². The van der Waals surface area contributed by atoms with Crippen LogP contribution in [-0.2, 0) is 6.18 Å². The maximum atomic E-state index is 12.9. The molecule has 158 valence electrons. The van der Waals surface area contributed by atoms with Crippen molar-refractivity contribution in [3.8, 4) is 17.0 Å². The molecule has 0 amide bonds. The van der Waals surface area contributed by atoms with Gasteiger partial charge in [-0.15, -0.1) is 10.2 Å². The molecule has 1 aromatic carbocycles. The Kier molecular flexibility index (Phi) is 6.28. The predicted octanol–water partition coefficient (Wildman–Crippen LogP) is 3.35. The van der Waals surface area contributed by atoms with Gasteiger partial charge in [0.25, 0.3) is 0 Å². The number of halogens is 3. The van der Waals surface area contributed by atoms with E-state index in [1.54, 1.807) is 6.07 Å². The van der Waals surface area contributed by atoms with Crippen molar-refractivity contribution in [1.82, 2.24) is 15.1 Å². The molecule has 1 aliphatic heterocycles. The van der Waals surface area contributed by atoms with Gasteiger partial charge in [0.15, 0.2) is 5.82 Å². The van der Waals surface area contributed by atoms with Crippen molar-refractivity contribution < 1.29 is 23.4 Å². The zero-order valence-electron chi connectivity index (χ0n) is 16.4. The highest BCUT2D eigenvalue weighted by molar-refractivity contribution is 5.72. The van der Waals surface area contributed by atoms with E-state index in [1.807, 2.05) is 6.92 Å². The quantitative estimate of drug-likeness (QED) is 0.701. The Morgan fingerprint density at radius 2 is 1.93 bits per heavy atom. The molecule has 29 heavy (non-hydrogen) atoms. The molecular weight excluding hydrogens is 385 g/mol. The highest BCUT2D eigenvalue weighted by Crippen LogP contribution is 2.38. The first-order valence-electron chi connectivity index (χ1n) is 9.54. The van der Waals surface area contributed by atoms with E-state index in [-0.39, 0.29) is 23.8 Å². The van der Waals surface area contributed by atoms with Crippen LogP contribution in [-0.4, -0.2) is 57.6 Å². The van der Waals surface area contributed by atoms with E-state index in [2.05, 4.69) is 20.4 Å². The van der Waals surface area contributed by atoms with Crippen molar-refractivity contribution in [3.05, 3.63) is 34.9 Å². The molecule has 0 aliphatic carbocycles. The summed E-state index contributed by atoms with van der Waals surface area (Å²) >= 11 is 0. The van der Waals surface area contributed by atoms with E-state index in [9.17, 15) is 18.3 Å². The summed E-state index contributed by atoms with van der Waals surface area (Å²) in [6, 6.07) is 3.59. The van der Waals surface area contributed by atoms with Crippen LogP contribution in [0.1, 0.15) is 29.5 Å². The van der Waals surface area contributed by atoms with Gasteiger partial charge in [0, 0.05) is 24.7 Å². The van der Waals surface area contributed by atoms with Gasteiger partial charge in [0.05, 0.1) is 17.9 Å². The molecule has 2 heterocycles. The van der Waals surface area contributed by atoms with Gasteiger partial charge in [-0.25, -0.2) is 0 Å². The molecule has 0 bridgehead atoms. The van der Waals surface area contributed by atoms with Gasteiger partial charge in [0.2, 0.25) is 0 Å². The fourth-order valence-electron chi connectivity index (χ4n) is 3.73.